The topological polar surface area (TPSA) is 66.4 Å². The number of aliphatic hydroxyl groups excluding tert-OH is 1. The summed E-state index contributed by atoms with van der Waals surface area (Å²) in [5, 5.41) is 11.8. The van der Waals surface area contributed by atoms with Crippen LogP contribution in [0.15, 0.2) is 72.8 Å². The van der Waals surface area contributed by atoms with E-state index in [1.807, 2.05) is 30.3 Å². The largest absolute Gasteiger partial charge is 0.388 e. The highest BCUT2D eigenvalue weighted by molar-refractivity contribution is 5.97. The Bertz CT molecular complexity index is 985. The molecule has 2 N–H and O–H groups in total. The lowest BCUT2D eigenvalue weighted by Crippen LogP contribution is -2.09. The van der Waals surface area contributed by atoms with Crippen molar-refractivity contribution < 1.29 is 19.1 Å². The highest BCUT2D eigenvalue weighted by atomic mass is 19.1. The molecule has 0 spiro atoms. The van der Waals surface area contributed by atoms with Gasteiger partial charge in [-0.15, -0.1) is 0 Å². The van der Waals surface area contributed by atoms with Crippen molar-refractivity contribution in [2.24, 2.45) is 0 Å². The summed E-state index contributed by atoms with van der Waals surface area (Å²) in [6.07, 6.45) is 1.96. The van der Waals surface area contributed by atoms with E-state index in [9.17, 15) is 14.0 Å². The average Bonchev–Trinajstić information content (AvgIpc) is 2.74. The summed E-state index contributed by atoms with van der Waals surface area (Å²) >= 11 is 0. The van der Waals surface area contributed by atoms with Gasteiger partial charge in [0.15, 0.2) is 5.78 Å². The minimum absolute atomic E-state index is 0.0431. The molecule has 3 aromatic rings. The number of ketones is 1. The van der Waals surface area contributed by atoms with Crippen LogP contribution in [0.4, 0.5) is 10.1 Å². The first kappa shape index (κ1) is 20.4. The van der Waals surface area contributed by atoms with Gasteiger partial charge in [0.2, 0.25) is 6.41 Å². The molecule has 0 saturated carbocycles. The Morgan fingerprint density at radius 1 is 0.966 bits per heavy atom. The van der Waals surface area contributed by atoms with E-state index >= 15 is 0 Å². The summed E-state index contributed by atoms with van der Waals surface area (Å²) < 4.78 is 13.4. The van der Waals surface area contributed by atoms with Crippen molar-refractivity contribution in [1.29, 1.82) is 0 Å². The second-order valence-electron chi connectivity index (χ2n) is 6.90. The van der Waals surface area contributed by atoms with Gasteiger partial charge in [0.05, 0.1) is 0 Å². The van der Waals surface area contributed by atoms with Crippen LogP contribution in [0.1, 0.15) is 33.0 Å². The summed E-state index contributed by atoms with van der Waals surface area (Å²) in [6.45, 7) is -0.526. The first-order chi connectivity index (χ1) is 14.1. The minimum atomic E-state index is -0.526. The van der Waals surface area contributed by atoms with E-state index in [1.165, 1.54) is 12.1 Å². The van der Waals surface area contributed by atoms with Gasteiger partial charge in [0, 0.05) is 11.3 Å². The third-order valence-electron chi connectivity index (χ3n) is 4.85. The van der Waals surface area contributed by atoms with Crippen molar-refractivity contribution in [1.82, 2.24) is 0 Å². The molecule has 0 bridgehead atoms. The molecule has 3 rings (SSSR count). The van der Waals surface area contributed by atoms with E-state index in [0.29, 0.717) is 30.5 Å². The molecule has 4 nitrogen and oxygen atoms in total. The van der Waals surface area contributed by atoms with Crippen LogP contribution in [0.2, 0.25) is 0 Å². The SMILES string of the molecule is O=CNc1cccc(CC(Cc2cccc(C(=O)CO)c2)c2ccc(F)cc2)c1. The molecule has 0 saturated heterocycles. The molecule has 1 atom stereocenters. The Labute approximate surface area is 169 Å². The number of carbonyl (C=O) groups excluding carboxylic acids is 2. The fourth-order valence-electron chi connectivity index (χ4n) is 3.43. The number of Topliss-reactive ketones (excluding diaryl/α,β-unsaturated/α-hetero) is 1. The van der Waals surface area contributed by atoms with Crippen molar-refractivity contribution in [3.63, 3.8) is 0 Å². The highest BCUT2D eigenvalue weighted by Gasteiger charge is 2.15. The molecule has 1 amide bonds. The van der Waals surface area contributed by atoms with Crippen LogP contribution in [0, 0.1) is 5.82 Å². The van der Waals surface area contributed by atoms with Crippen molar-refractivity contribution in [3.05, 3.63) is 101 Å². The Kier molecular flexibility index (Phi) is 6.87. The fourth-order valence-corrected chi connectivity index (χ4v) is 3.43. The second-order valence-corrected chi connectivity index (χ2v) is 6.90. The van der Waals surface area contributed by atoms with Crippen LogP contribution < -0.4 is 5.32 Å². The van der Waals surface area contributed by atoms with E-state index in [1.54, 1.807) is 30.3 Å². The Hall–Kier alpha value is -3.31. The van der Waals surface area contributed by atoms with Crippen LogP contribution in [-0.4, -0.2) is 23.9 Å². The van der Waals surface area contributed by atoms with E-state index < -0.39 is 6.61 Å². The van der Waals surface area contributed by atoms with Gasteiger partial charge in [-0.3, -0.25) is 9.59 Å². The summed E-state index contributed by atoms with van der Waals surface area (Å²) in [5.41, 5.74) is 4.17. The summed E-state index contributed by atoms with van der Waals surface area (Å²) in [6, 6.07) is 21.2. The van der Waals surface area contributed by atoms with Crippen LogP contribution >= 0.6 is 0 Å². The molecule has 0 aromatic heterocycles. The molecule has 29 heavy (non-hydrogen) atoms. The number of halogens is 1. The van der Waals surface area contributed by atoms with Crippen molar-refractivity contribution >= 4 is 17.9 Å². The smallest absolute Gasteiger partial charge is 0.211 e. The molecule has 148 valence electrons. The molecular weight excluding hydrogens is 369 g/mol. The number of nitrogens with one attached hydrogen (secondary N) is 1. The van der Waals surface area contributed by atoms with Crippen LogP contribution in [0.3, 0.4) is 0 Å². The molecular formula is C24H22FNO3. The van der Waals surface area contributed by atoms with E-state index in [4.69, 9.17) is 5.11 Å². The monoisotopic (exact) mass is 391 g/mol. The quantitative estimate of drug-likeness (QED) is 0.426. The van der Waals surface area contributed by atoms with E-state index in [-0.39, 0.29) is 17.5 Å². The molecule has 0 aliphatic rings. The van der Waals surface area contributed by atoms with Gasteiger partial charge in [0.25, 0.3) is 0 Å². The average molecular weight is 391 g/mol. The number of carbonyl (C=O) groups is 2. The lowest BCUT2D eigenvalue weighted by Gasteiger charge is -2.19. The molecule has 0 heterocycles. The van der Waals surface area contributed by atoms with E-state index in [0.717, 1.165) is 16.7 Å². The molecule has 3 aromatic carbocycles. The Morgan fingerprint density at radius 2 is 1.62 bits per heavy atom. The number of benzene rings is 3. The molecule has 1 unspecified atom stereocenters. The maximum Gasteiger partial charge on any atom is 0.211 e. The standard InChI is InChI=1S/C24H22FNO3/c25-22-9-7-19(8-10-22)21(13-18-4-2-6-23(14-18)26-16-28)12-17-3-1-5-20(11-17)24(29)15-27/h1-11,14,16,21,27H,12-13,15H2,(H,26,28). The number of rotatable bonds is 9. The van der Waals surface area contributed by atoms with Crippen LogP contribution in [0.5, 0.6) is 0 Å². The van der Waals surface area contributed by atoms with E-state index in [2.05, 4.69) is 5.32 Å². The van der Waals surface area contributed by atoms with Crippen molar-refractivity contribution in [2.45, 2.75) is 18.8 Å². The first-order valence-corrected chi connectivity index (χ1v) is 9.36. The van der Waals surface area contributed by atoms with Crippen LogP contribution in [0.25, 0.3) is 0 Å². The zero-order chi connectivity index (χ0) is 20.6. The van der Waals surface area contributed by atoms with Gasteiger partial charge in [-0.05, 0) is 65.8 Å². The van der Waals surface area contributed by atoms with Gasteiger partial charge in [-0.2, -0.15) is 0 Å². The van der Waals surface area contributed by atoms with Gasteiger partial charge in [0.1, 0.15) is 12.4 Å². The number of hydrogen-bond donors (Lipinski definition) is 2. The molecule has 0 aliphatic carbocycles. The van der Waals surface area contributed by atoms with Gasteiger partial charge < -0.3 is 10.4 Å². The predicted octanol–water partition coefficient (Wildman–Crippen LogP) is 4.14. The molecule has 5 heteroatoms. The maximum absolute atomic E-state index is 13.4. The zero-order valence-corrected chi connectivity index (χ0v) is 15.8. The lowest BCUT2D eigenvalue weighted by atomic mass is 9.86. The van der Waals surface area contributed by atoms with Crippen molar-refractivity contribution in [2.75, 3.05) is 11.9 Å². The molecule has 0 radical (unpaired) electrons. The molecule has 0 aliphatic heterocycles. The summed E-state index contributed by atoms with van der Waals surface area (Å²) in [5.74, 6) is -0.570. The number of anilines is 1. The third-order valence-corrected chi connectivity index (χ3v) is 4.85. The zero-order valence-electron chi connectivity index (χ0n) is 15.8. The number of aliphatic hydroxyl groups is 1. The maximum atomic E-state index is 13.4. The Morgan fingerprint density at radius 3 is 2.28 bits per heavy atom. The van der Waals surface area contributed by atoms with Crippen molar-refractivity contribution in [3.8, 4) is 0 Å². The molecule has 0 fully saturated rings. The normalized spacial score (nSPS) is 11.7. The summed E-state index contributed by atoms with van der Waals surface area (Å²) in [4.78, 5) is 22.5. The second kappa shape index (κ2) is 9.75. The lowest BCUT2D eigenvalue weighted by molar-refractivity contribution is -0.105. The fraction of sp³-hybridized carbons (Fsp3) is 0.167. The van der Waals surface area contributed by atoms with Gasteiger partial charge in [-0.25, -0.2) is 4.39 Å². The highest BCUT2D eigenvalue weighted by Crippen LogP contribution is 2.27. The predicted molar refractivity (Wildman–Crippen MR) is 111 cm³/mol. The van der Waals surface area contributed by atoms with Gasteiger partial charge in [-0.1, -0.05) is 42.5 Å². The number of amides is 1. The van der Waals surface area contributed by atoms with Gasteiger partial charge >= 0.3 is 0 Å². The Balaban J connectivity index is 1.89. The minimum Gasteiger partial charge on any atom is -0.388 e. The van der Waals surface area contributed by atoms with Crippen LogP contribution in [-0.2, 0) is 17.6 Å². The third kappa shape index (κ3) is 5.59. The first-order valence-electron chi connectivity index (χ1n) is 9.36. The number of hydrogen-bond acceptors (Lipinski definition) is 3. The summed E-state index contributed by atoms with van der Waals surface area (Å²) in [7, 11) is 0.